The van der Waals surface area contributed by atoms with Gasteiger partial charge in [0.25, 0.3) is 0 Å². The van der Waals surface area contributed by atoms with E-state index in [9.17, 15) is 4.79 Å². The summed E-state index contributed by atoms with van der Waals surface area (Å²) < 4.78 is 10.4. The van der Waals surface area contributed by atoms with Crippen molar-refractivity contribution in [2.24, 2.45) is 0 Å². The molecule has 2 N–H and O–H groups in total. The highest BCUT2D eigenvalue weighted by atomic mass is 16.5. The molecule has 0 aliphatic heterocycles. The summed E-state index contributed by atoms with van der Waals surface area (Å²) >= 11 is 0. The normalized spacial score (nSPS) is 9.61. The summed E-state index contributed by atoms with van der Waals surface area (Å²) in [5.74, 6) is 1.03. The minimum atomic E-state index is -0.224. The van der Waals surface area contributed by atoms with Crippen molar-refractivity contribution in [1.82, 2.24) is 0 Å². The Morgan fingerprint density at radius 2 is 2.00 bits per heavy atom. The third-order valence-electron chi connectivity index (χ3n) is 3.12. The Hall–Kier alpha value is -3.20. The molecule has 0 fully saturated rings. The van der Waals surface area contributed by atoms with E-state index >= 15 is 0 Å². The molecule has 0 atom stereocenters. The quantitative estimate of drug-likeness (QED) is 0.857. The van der Waals surface area contributed by atoms with Crippen molar-refractivity contribution in [1.29, 1.82) is 5.26 Å². The van der Waals surface area contributed by atoms with E-state index in [2.05, 4.69) is 10.6 Å². The summed E-state index contributed by atoms with van der Waals surface area (Å²) in [5, 5.41) is 14.6. The van der Waals surface area contributed by atoms with E-state index in [1.165, 1.54) is 0 Å². The van der Waals surface area contributed by atoms with Gasteiger partial charge in [0.05, 0.1) is 38.1 Å². The van der Waals surface area contributed by atoms with E-state index < -0.39 is 0 Å². The first kappa shape index (κ1) is 16.2. The largest absolute Gasteiger partial charge is 0.497 e. The topological polar surface area (TPSA) is 83.4 Å². The molecule has 23 heavy (non-hydrogen) atoms. The molecule has 0 bridgehead atoms. The maximum absolute atomic E-state index is 12.0. The number of hydrogen-bond donors (Lipinski definition) is 2. The summed E-state index contributed by atoms with van der Waals surface area (Å²) in [6.45, 7) is 0.0689. The number of nitrogens with zero attached hydrogens (tertiary/aromatic N) is 1. The smallest absolute Gasteiger partial charge is 0.243 e. The molecular formula is C17H17N3O3. The Bertz CT molecular complexity index is 738. The lowest BCUT2D eigenvalue weighted by Crippen LogP contribution is -2.22. The lowest BCUT2D eigenvalue weighted by atomic mass is 10.2. The highest BCUT2D eigenvalue weighted by molar-refractivity contribution is 5.94. The molecule has 0 spiro atoms. The van der Waals surface area contributed by atoms with Crippen LogP contribution in [-0.2, 0) is 4.79 Å². The Morgan fingerprint density at radius 3 is 2.70 bits per heavy atom. The third-order valence-corrected chi connectivity index (χ3v) is 3.12. The van der Waals surface area contributed by atoms with Gasteiger partial charge in [-0.2, -0.15) is 5.26 Å². The van der Waals surface area contributed by atoms with Crippen molar-refractivity contribution >= 4 is 17.3 Å². The molecule has 6 nitrogen and oxygen atoms in total. The van der Waals surface area contributed by atoms with Crippen molar-refractivity contribution in [2.45, 2.75) is 0 Å². The van der Waals surface area contributed by atoms with Gasteiger partial charge in [0.2, 0.25) is 5.91 Å². The van der Waals surface area contributed by atoms with Crippen LogP contribution in [0.3, 0.4) is 0 Å². The van der Waals surface area contributed by atoms with Crippen LogP contribution in [0.25, 0.3) is 0 Å². The van der Waals surface area contributed by atoms with Crippen LogP contribution >= 0.6 is 0 Å². The van der Waals surface area contributed by atoms with Crippen LogP contribution in [0.1, 0.15) is 5.56 Å². The van der Waals surface area contributed by atoms with E-state index in [-0.39, 0.29) is 12.5 Å². The molecule has 0 heterocycles. The fraction of sp³-hybridized carbons (Fsp3) is 0.176. The summed E-state index contributed by atoms with van der Waals surface area (Å²) in [6, 6.07) is 14.1. The summed E-state index contributed by atoms with van der Waals surface area (Å²) in [7, 11) is 3.12. The first-order chi connectivity index (χ1) is 11.2. The van der Waals surface area contributed by atoms with Crippen molar-refractivity contribution in [2.75, 3.05) is 31.4 Å². The zero-order chi connectivity index (χ0) is 16.7. The van der Waals surface area contributed by atoms with Crippen LogP contribution < -0.4 is 20.1 Å². The number of methoxy groups -OCH3 is 2. The number of carbonyl (C=O) groups excluding carboxylic acids is 1. The minimum Gasteiger partial charge on any atom is -0.497 e. The van der Waals surface area contributed by atoms with Gasteiger partial charge >= 0.3 is 0 Å². The molecule has 0 saturated carbocycles. The van der Waals surface area contributed by atoms with Gasteiger partial charge in [0.1, 0.15) is 11.5 Å². The Morgan fingerprint density at radius 1 is 1.17 bits per heavy atom. The Balaban J connectivity index is 1.98. The van der Waals surface area contributed by atoms with Crippen molar-refractivity contribution < 1.29 is 14.3 Å². The van der Waals surface area contributed by atoms with Crippen LogP contribution in [0, 0.1) is 11.3 Å². The van der Waals surface area contributed by atoms with E-state index in [1.807, 2.05) is 6.07 Å². The maximum atomic E-state index is 12.0. The Labute approximate surface area is 134 Å². The van der Waals surface area contributed by atoms with Gasteiger partial charge in [-0.1, -0.05) is 6.07 Å². The van der Waals surface area contributed by atoms with Crippen LogP contribution in [0.4, 0.5) is 11.4 Å². The number of anilines is 2. The molecule has 0 saturated heterocycles. The lowest BCUT2D eigenvalue weighted by molar-refractivity contribution is -0.114. The summed E-state index contributed by atoms with van der Waals surface area (Å²) in [4.78, 5) is 12.0. The van der Waals surface area contributed by atoms with E-state index in [0.29, 0.717) is 28.4 Å². The number of ether oxygens (including phenoxy) is 2. The zero-order valence-corrected chi connectivity index (χ0v) is 12.9. The second-order valence-electron chi connectivity index (χ2n) is 4.66. The molecular weight excluding hydrogens is 294 g/mol. The minimum absolute atomic E-state index is 0.0689. The molecule has 2 aromatic carbocycles. The average molecular weight is 311 g/mol. The SMILES string of the molecule is COc1ccc(NCC(=O)Nc2cccc(C#N)c2)c(OC)c1. The van der Waals surface area contributed by atoms with Gasteiger partial charge in [-0.25, -0.2) is 0 Å². The molecule has 2 rings (SSSR count). The first-order valence-corrected chi connectivity index (χ1v) is 6.92. The number of nitriles is 1. The van der Waals surface area contributed by atoms with E-state index in [1.54, 1.807) is 56.7 Å². The molecule has 2 aromatic rings. The van der Waals surface area contributed by atoms with Crippen LogP contribution in [0.5, 0.6) is 11.5 Å². The number of benzene rings is 2. The van der Waals surface area contributed by atoms with Gasteiger partial charge in [0, 0.05) is 11.8 Å². The van der Waals surface area contributed by atoms with Crippen LogP contribution in [-0.4, -0.2) is 26.7 Å². The standard InChI is InChI=1S/C17H17N3O3/c1-22-14-6-7-15(16(9-14)23-2)19-11-17(21)20-13-5-3-4-12(8-13)10-18/h3-9,19H,11H2,1-2H3,(H,20,21). The monoisotopic (exact) mass is 311 g/mol. The van der Waals surface area contributed by atoms with Crippen molar-refractivity contribution in [3.8, 4) is 17.6 Å². The molecule has 0 radical (unpaired) electrons. The highest BCUT2D eigenvalue weighted by Crippen LogP contribution is 2.28. The fourth-order valence-corrected chi connectivity index (χ4v) is 1.99. The van der Waals surface area contributed by atoms with Gasteiger partial charge in [-0.3, -0.25) is 4.79 Å². The van der Waals surface area contributed by atoms with Gasteiger partial charge in [0.15, 0.2) is 0 Å². The molecule has 0 unspecified atom stereocenters. The first-order valence-electron chi connectivity index (χ1n) is 6.92. The molecule has 0 aliphatic carbocycles. The number of hydrogen-bond acceptors (Lipinski definition) is 5. The summed E-state index contributed by atoms with van der Waals surface area (Å²) in [6.07, 6.45) is 0. The second-order valence-corrected chi connectivity index (χ2v) is 4.66. The average Bonchev–Trinajstić information content (AvgIpc) is 2.59. The van der Waals surface area contributed by atoms with Crippen LogP contribution in [0.15, 0.2) is 42.5 Å². The fourth-order valence-electron chi connectivity index (χ4n) is 1.99. The maximum Gasteiger partial charge on any atom is 0.243 e. The van der Waals surface area contributed by atoms with Crippen molar-refractivity contribution in [3.63, 3.8) is 0 Å². The predicted octanol–water partition coefficient (Wildman–Crippen LogP) is 2.63. The van der Waals surface area contributed by atoms with Crippen LogP contribution in [0.2, 0.25) is 0 Å². The van der Waals surface area contributed by atoms with Gasteiger partial charge in [-0.05, 0) is 30.3 Å². The molecule has 0 aliphatic rings. The third kappa shape index (κ3) is 4.38. The molecule has 1 amide bonds. The number of carbonyl (C=O) groups is 1. The Kier molecular flexibility index (Phi) is 5.42. The molecule has 118 valence electrons. The number of amides is 1. The lowest BCUT2D eigenvalue weighted by Gasteiger charge is -2.12. The van der Waals surface area contributed by atoms with Gasteiger partial charge in [-0.15, -0.1) is 0 Å². The second kappa shape index (κ2) is 7.71. The molecule has 0 aromatic heterocycles. The highest BCUT2D eigenvalue weighted by Gasteiger charge is 2.07. The zero-order valence-electron chi connectivity index (χ0n) is 12.9. The number of rotatable bonds is 6. The van der Waals surface area contributed by atoms with Crippen molar-refractivity contribution in [3.05, 3.63) is 48.0 Å². The van der Waals surface area contributed by atoms with Gasteiger partial charge < -0.3 is 20.1 Å². The molecule has 6 heteroatoms. The predicted molar refractivity (Wildman–Crippen MR) is 87.8 cm³/mol. The van der Waals surface area contributed by atoms with E-state index in [4.69, 9.17) is 14.7 Å². The van der Waals surface area contributed by atoms with E-state index in [0.717, 1.165) is 0 Å². The number of nitrogens with one attached hydrogen (secondary N) is 2. The summed E-state index contributed by atoms with van der Waals surface area (Å²) in [5.41, 5.74) is 1.76.